The van der Waals surface area contributed by atoms with E-state index in [0.29, 0.717) is 11.3 Å². The van der Waals surface area contributed by atoms with E-state index in [2.05, 4.69) is 9.24 Å². The third kappa shape index (κ3) is 3.28. The normalized spacial score (nSPS) is 11.5. The number of halogens is 4. The summed E-state index contributed by atoms with van der Waals surface area (Å²) in [6, 6.07) is 7.14. The third-order valence-corrected chi connectivity index (χ3v) is 3.15. The van der Waals surface area contributed by atoms with Crippen molar-refractivity contribution in [1.82, 2.24) is 0 Å². The molecular weight excluding hydrogens is 291 g/mol. The largest absolute Gasteiger partial charge is 0.456 e. The maximum absolute atomic E-state index is 13.0. The summed E-state index contributed by atoms with van der Waals surface area (Å²) in [6.07, 6.45) is -4.39. The lowest BCUT2D eigenvalue weighted by atomic mass is 10.2. The van der Waals surface area contributed by atoms with Crippen molar-refractivity contribution in [2.75, 3.05) is 0 Å². The summed E-state index contributed by atoms with van der Waals surface area (Å²) in [5.74, 6) is 0.279. The predicted molar refractivity (Wildman–Crippen MR) is 72.0 cm³/mol. The Morgan fingerprint density at radius 2 is 1.65 bits per heavy atom. The Morgan fingerprint density at radius 3 is 2.20 bits per heavy atom. The summed E-state index contributed by atoms with van der Waals surface area (Å²) in [7, 11) is 2.20. The van der Waals surface area contributed by atoms with Gasteiger partial charge in [-0.3, -0.25) is 0 Å². The van der Waals surface area contributed by atoms with Crippen LogP contribution in [0, 0.1) is 12.7 Å². The first-order valence-electron chi connectivity index (χ1n) is 5.68. The Morgan fingerprint density at radius 1 is 1.00 bits per heavy atom. The Balaban J connectivity index is 2.30. The molecule has 106 valence electrons. The van der Waals surface area contributed by atoms with Crippen LogP contribution in [-0.4, -0.2) is 0 Å². The molecule has 0 spiro atoms. The van der Waals surface area contributed by atoms with Crippen molar-refractivity contribution in [3.63, 3.8) is 0 Å². The minimum atomic E-state index is -4.39. The van der Waals surface area contributed by atoms with Gasteiger partial charge in [-0.2, -0.15) is 13.2 Å². The molecule has 20 heavy (non-hydrogen) atoms. The van der Waals surface area contributed by atoms with E-state index in [9.17, 15) is 17.6 Å². The number of benzene rings is 2. The third-order valence-electron chi connectivity index (χ3n) is 2.69. The predicted octanol–water partition coefficient (Wildman–Crippen LogP) is 4.45. The van der Waals surface area contributed by atoms with E-state index in [1.807, 2.05) is 0 Å². The Labute approximate surface area is 115 Å². The highest BCUT2D eigenvalue weighted by Gasteiger charge is 2.30. The zero-order valence-electron chi connectivity index (χ0n) is 10.5. The first kappa shape index (κ1) is 14.8. The van der Waals surface area contributed by atoms with Crippen molar-refractivity contribution < 1.29 is 22.3 Å². The van der Waals surface area contributed by atoms with Gasteiger partial charge in [0, 0.05) is 5.30 Å². The molecule has 1 nitrogen and oxygen atoms in total. The molecule has 0 saturated heterocycles. The summed E-state index contributed by atoms with van der Waals surface area (Å²) >= 11 is 0. The highest BCUT2D eigenvalue weighted by atomic mass is 31.0. The van der Waals surface area contributed by atoms with E-state index in [-0.39, 0.29) is 11.1 Å². The number of ether oxygens (including phenoxy) is 1. The van der Waals surface area contributed by atoms with E-state index in [0.717, 1.165) is 12.1 Å². The van der Waals surface area contributed by atoms with E-state index >= 15 is 0 Å². The van der Waals surface area contributed by atoms with Gasteiger partial charge in [-0.05, 0) is 48.9 Å². The molecule has 0 aliphatic carbocycles. The minimum Gasteiger partial charge on any atom is -0.456 e. The highest BCUT2D eigenvalue weighted by Crippen LogP contribution is 2.32. The zero-order valence-corrected chi connectivity index (χ0v) is 11.6. The second-order valence-corrected chi connectivity index (χ2v) is 4.88. The van der Waals surface area contributed by atoms with Gasteiger partial charge in [-0.1, -0.05) is 0 Å². The van der Waals surface area contributed by atoms with Crippen LogP contribution < -0.4 is 10.0 Å². The summed E-state index contributed by atoms with van der Waals surface area (Å²) in [5.41, 5.74) is -0.181. The van der Waals surface area contributed by atoms with Crippen LogP contribution in [0.15, 0.2) is 36.4 Å². The van der Waals surface area contributed by atoms with Gasteiger partial charge < -0.3 is 4.74 Å². The zero-order chi connectivity index (χ0) is 14.9. The fraction of sp³-hybridized carbons (Fsp3) is 0.143. The van der Waals surface area contributed by atoms with Crippen LogP contribution in [-0.2, 0) is 6.18 Å². The molecule has 0 amide bonds. The fourth-order valence-corrected chi connectivity index (χ4v) is 2.00. The minimum absolute atomic E-state index is 0.276. The van der Waals surface area contributed by atoms with Gasteiger partial charge in [0.05, 0.1) is 5.56 Å². The lowest BCUT2D eigenvalue weighted by molar-refractivity contribution is -0.137. The molecule has 0 saturated carbocycles. The van der Waals surface area contributed by atoms with Crippen LogP contribution in [0.1, 0.15) is 11.1 Å². The molecule has 0 heterocycles. The second kappa shape index (κ2) is 5.41. The van der Waals surface area contributed by atoms with E-state index < -0.39 is 17.6 Å². The Bertz CT molecular complexity index is 638. The summed E-state index contributed by atoms with van der Waals surface area (Å²) in [4.78, 5) is 0. The average Bonchev–Trinajstić information content (AvgIpc) is 2.33. The second-order valence-electron chi connectivity index (χ2n) is 4.26. The molecule has 0 fully saturated rings. The van der Waals surface area contributed by atoms with Gasteiger partial charge in [0.2, 0.25) is 0 Å². The molecule has 2 rings (SSSR count). The van der Waals surface area contributed by atoms with Crippen molar-refractivity contribution >= 4 is 14.5 Å². The van der Waals surface area contributed by atoms with E-state index in [4.69, 9.17) is 4.74 Å². The van der Waals surface area contributed by atoms with E-state index in [1.54, 1.807) is 6.92 Å². The molecule has 0 aliphatic rings. The van der Waals surface area contributed by atoms with Crippen LogP contribution in [0.3, 0.4) is 0 Å². The molecule has 6 heteroatoms. The standard InChI is InChI=1S/C14H11F4OP/c1-8-6-10(15)3-5-11(8)19-12-4-2-9(7-13(12)20)14(16,17)18/h2-7H,20H2,1H3. The number of rotatable bonds is 2. The first-order chi connectivity index (χ1) is 9.27. The van der Waals surface area contributed by atoms with Crippen LogP contribution in [0.2, 0.25) is 0 Å². The monoisotopic (exact) mass is 302 g/mol. The molecule has 1 atom stereocenters. The number of hydrogen-bond donors (Lipinski definition) is 0. The van der Waals surface area contributed by atoms with Crippen molar-refractivity contribution in [3.8, 4) is 11.5 Å². The van der Waals surface area contributed by atoms with Gasteiger partial charge in [-0.15, -0.1) is 9.24 Å². The Kier molecular flexibility index (Phi) is 4.00. The van der Waals surface area contributed by atoms with Crippen LogP contribution in [0.25, 0.3) is 0 Å². The average molecular weight is 302 g/mol. The van der Waals surface area contributed by atoms with Crippen LogP contribution in [0.5, 0.6) is 11.5 Å². The number of aryl methyl sites for hydroxylation is 1. The van der Waals surface area contributed by atoms with Gasteiger partial charge in [0.25, 0.3) is 0 Å². The topological polar surface area (TPSA) is 9.23 Å². The SMILES string of the molecule is Cc1cc(F)ccc1Oc1ccc(C(F)(F)F)cc1P. The van der Waals surface area contributed by atoms with Crippen LogP contribution >= 0.6 is 9.24 Å². The van der Waals surface area contributed by atoms with Gasteiger partial charge in [0.1, 0.15) is 17.3 Å². The van der Waals surface area contributed by atoms with Crippen molar-refractivity contribution in [1.29, 1.82) is 0 Å². The first-order valence-corrected chi connectivity index (χ1v) is 6.26. The lowest BCUT2D eigenvalue weighted by Crippen LogP contribution is -2.09. The maximum atomic E-state index is 13.0. The maximum Gasteiger partial charge on any atom is 0.416 e. The molecule has 2 aromatic rings. The van der Waals surface area contributed by atoms with Crippen LogP contribution in [0.4, 0.5) is 17.6 Å². The van der Waals surface area contributed by atoms with Gasteiger partial charge >= 0.3 is 6.18 Å². The summed E-state index contributed by atoms with van der Waals surface area (Å²) < 4.78 is 56.1. The fourth-order valence-electron chi connectivity index (χ4n) is 1.66. The highest BCUT2D eigenvalue weighted by molar-refractivity contribution is 7.27. The molecule has 0 aliphatic heterocycles. The van der Waals surface area contributed by atoms with Crippen molar-refractivity contribution in [3.05, 3.63) is 53.3 Å². The smallest absolute Gasteiger partial charge is 0.416 e. The van der Waals surface area contributed by atoms with E-state index in [1.165, 1.54) is 24.3 Å². The summed E-state index contributed by atoms with van der Waals surface area (Å²) in [5, 5.41) is 0.281. The van der Waals surface area contributed by atoms with Crippen molar-refractivity contribution in [2.45, 2.75) is 13.1 Å². The Hall–Kier alpha value is -1.61. The molecule has 0 N–H and O–H groups in total. The molecule has 1 unspecified atom stereocenters. The molecule has 0 aromatic heterocycles. The molecular formula is C14H11F4OP. The summed E-state index contributed by atoms with van der Waals surface area (Å²) in [6.45, 7) is 1.66. The molecule has 0 radical (unpaired) electrons. The number of alkyl halides is 3. The van der Waals surface area contributed by atoms with Gasteiger partial charge in [0.15, 0.2) is 0 Å². The number of hydrogen-bond acceptors (Lipinski definition) is 1. The molecule has 2 aromatic carbocycles. The van der Waals surface area contributed by atoms with Crippen molar-refractivity contribution in [2.24, 2.45) is 0 Å². The lowest BCUT2D eigenvalue weighted by Gasteiger charge is -2.13. The van der Waals surface area contributed by atoms with Gasteiger partial charge in [-0.25, -0.2) is 4.39 Å². The molecule has 0 bridgehead atoms. The quantitative estimate of drug-likeness (QED) is 0.588.